The van der Waals surface area contributed by atoms with Gasteiger partial charge in [0.1, 0.15) is 22.1 Å². The van der Waals surface area contributed by atoms with E-state index < -0.39 is 0 Å². The van der Waals surface area contributed by atoms with Crippen LogP contribution < -0.4 is 5.32 Å². The number of amides is 1. The molecule has 0 atom stereocenters. The van der Waals surface area contributed by atoms with Crippen LogP contribution in [-0.2, 0) is 6.42 Å². The number of fused-ring (bicyclic) bond motifs is 2. The van der Waals surface area contributed by atoms with Crippen LogP contribution in [0.25, 0.3) is 33.9 Å². The molecule has 0 aliphatic carbocycles. The zero-order valence-electron chi connectivity index (χ0n) is 20.2. The van der Waals surface area contributed by atoms with Gasteiger partial charge in [-0.05, 0) is 54.6 Å². The molecule has 0 radical (unpaired) electrons. The first-order valence-corrected chi connectivity index (χ1v) is 13.0. The van der Waals surface area contributed by atoms with E-state index in [4.69, 9.17) is 15.2 Å². The van der Waals surface area contributed by atoms with E-state index in [-0.39, 0.29) is 5.91 Å². The highest BCUT2D eigenvalue weighted by Crippen LogP contribution is 2.32. The minimum atomic E-state index is -0.264. The average molecular weight is 507 g/mol. The summed E-state index contributed by atoms with van der Waals surface area (Å²) in [6.07, 6.45) is 7.80. The number of hydrogen-bond acceptors (Lipinski definition) is 7. The van der Waals surface area contributed by atoms with E-state index in [1.807, 2.05) is 35.0 Å². The largest absolute Gasteiger partial charge is 0.305 e. The highest BCUT2D eigenvalue weighted by molar-refractivity contribution is 7.98. The lowest BCUT2D eigenvalue weighted by molar-refractivity contribution is 0.102. The van der Waals surface area contributed by atoms with E-state index in [1.165, 1.54) is 5.56 Å². The van der Waals surface area contributed by atoms with Crippen molar-refractivity contribution < 1.29 is 4.79 Å². The van der Waals surface area contributed by atoms with Gasteiger partial charge >= 0.3 is 0 Å². The van der Waals surface area contributed by atoms with Gasteiger partial charge in [0, 0.05) is 23.5 Å². The number of rotatable bonds is 6. The van der Waals surface area contributed by atoms with Crippen molar-refractivity contribution in [3.63, 3.8) is 0 Å². The summed E-state index contributed by atoms with van der Waals surface area (Å²) >= 11 is 1.57. The Hall–Kier alpha value is -4.57. The first kappa shape index (κ1) is 22.9. The molecule has 0 unspecified atom stereocenters. The summed E-state index contributed by atoms with van der Waals surface area (Å²) in [6.45, 7) is 2.14. The maximum atomic E-state index is 12.6. The molecule has 10 heteroatoms. The van der Waals surface area contributed by atoms with E-state index in [1.54, 1.807) is 47.0 Å². The predicted octanol–water partition coefficient (Wildman–Crippen LogP) is 5.04. The second-order valence-electron chi connectivity index (χ2n) is 8.34. The number of thioether (sulfide) groups is 1. The first-order valence-electron chi connectivity index (χ1n) is 11.7. The van der Waals surface area contributed by atoms with Crippen LogP contribution in [0, 0.1) is 0 Å². The van der Waals surface area contributed by atoms with Gasteiger partial charge in [0.2, 0.25) is 0 Å². The van der Waals surface area contributed by atoms with Crippen molar-refractivity contribution in [1.29, 1.82) is 0 Å². The number of aryl methyl sites for hydroxylation is 1. The molecule has 37 heavy (non-hydrogen) atoms. The van der Waals surface area contributed by atoms with Gasteiger partial charge in [-0.2, -0.15) is 10.2 Å². The van der Waals surface area contributed by atoms with Crippen molar-refractivity contribution in [3.8, 4) is 22.6 Å². The van der Waals surface area contributed by atoms with Gasteiger partial charge in [-0.15, -0.1) is 11.8 Å². The number of pyridine rings is 1. The molecule has 0 aliphatic heterocycles. The zero-order valence-corrected chi connectivity index (χ0v) is 21.0. The molecule has 0 spiro atoms. The number of nitrogens with one attached hydrogen (secondary N) is 1. The number of carbonyl (C=O) groups excluding carboxylic acids is 1. The number of carbonyl (C=O) groups is 1. The fourth-order valence-electron chi connectivity index (χ4n) is 4.12. The predicted molar refractivity (Wildman–Crippen MR) is 144 cm³/mol. The van der Waals surface area contributed by atoms with Gasteiger partial charge in [-0.1, -0.05) is 31.2 Å². The lowest BCUT2D eigenvalue weighted by Crippen LogP contribution is -2.11. The minimum Gasteiger partial charge on any atom is -0.305 e. The molecule has 5 heterocycles. The molecule has 0 fully saturated rings. The standard InChI is InChI=1S/C27H22N8OS/c1-3-17-4-6-18(7-5-17)25-26(35-23(31-25)10-11-24(33-35)37-2)20-8-9-22-29-21(16-34(22)32-20)30-27(36)19-12-14-28-15-13-19/h4-16H,3H2,1-2H3,(H,30,36). The zero-order chi connectivity index (χ0) is 25.4. The molecule has 0 saturated heterocycles. The third-order valence-electron chi connectivity index (χ3n) is 6.04. The lowest BCUT2D eigenvalue weighted by atomic mass is 10.1. The van der Waals surface area contributed by atoms with Crippen LogP contribution in [0.1, 0.15) is 22.8 Å². The summed E-state index contributed by atoms with van der Waals surface area (Å²) in [5, 5.41) is 13.3. The highest BCUT2D eigenvalue weighted by Gasteiger charge is 2.20. The third kappa shape index (κ3) is 4.31. The molecule has 9 nitrogen and oxygen atoms in total. The average Bonchev–Trinajstić information content (AvgIpc) is 3.53. The monoisotopic (exact) mass is 506 g/mol. The van der Waals surface area contributed by atoms with Gasteiger partial charge in [0.15, 0.2) is 17.1 Å². The summed E-state index contributed by atoms with van der Waals surface area (Å²) < 4.78 is 3.49. The van der Waals surface area contributed by atoms with Crippen LogP contribution in [-0.4, -0.2) is 46.3 Å². The summed E-state index contributed by atoms with van der Waals surface area (Å²) in [6, 6.07) is 19.4. The SMILES string of the molecule is CCc1ccc(-c2nc3ccc(SC)nn3c2-c2ccc3nc(NC(=O)c4ccncc4)cn3n2)cc1. The maximum absolute atomic E-state index is 12.6. The van der Waals surface area contributed by atoms with Crippen molar-refractivity contribution in [1.82, 2.24) is 34.2 Å². The van der Waals surface area contributed by atoms with Crippen molar-refractivity contribution >= 4 is 34.8 Å². The summed E-state index contributed by atoms with van der Waals surface area (Å²) in [5.41, 5.74) is 6.36. The number of aromatic nitrogens is 7. The smallest absolute Gasteiger partial charge is 0.256 e. The van der Waals surface area contributed by atoms with Crippen LogP contribution in [0.5, 0.6) is 0 Å². The number of anilines is 1. The van der Waals surface area contributed by atoms with Crippen LogP contribution >= 0.6 is 11.8 Å². The van der Waals surface area contributed by atoms with E-state index in [9.17, 15) is 4.79 Å². The molecular weight excluding hydrogens is 484 g/mol. The molecule has 0 bridgehead atoms. The minimum absolute atomic E-state index is 0.264. The molecule has 6 aromatic rings. The second-order valence-corrected chi connectivity index (χ2v) is 9.17. The van der Waals surface area contributed by atoms with Gasteiger partial charge in [-0.3, -0.25) is 9.78 Å². The molecule has 0 aliphatic rings. The van der Waals surface area contributed by atoms with Crippen LogP contribution in [0.4, 0.5) is 5.82 Å². The Kier molecular flexibility index (Phi) is 5.85. The van der Waals surface area contributed by atoms with Gasteiger partial charge in [-0.25, -0.2) is 19.0 Å². The third-order valence-corrected chi connectivity index (χ3v) is 6.68. The van der Waals surface area contributed by atoms with E-state index >= 15 is 0 Å². The Bertz CT molecular complexity index is 1740. The van der Waals surface area contributed by atoms with Crippen LogP contribution in [0.15, 0.2) is 84.3 Å². The van der Waals surface area contributed by atoms with E-state index in [0.29, 0.717) is 22.7 Å². The molecule has 182 valence electrons. The summed E-state index contributed by atoms with van der Waals surface area (Å²) in [4.78, 5) is 25.9. The molecular formula is C27H22N8OS. The fourth-order valence-corrected chi connectivity index (χ4v) is 4.48. The highest BCUT2D eigenvalue weighted by atomic mass is 32.2. The van der Waals surface area contributed by atoms with Gasteiger partial charge < -0.3 is 5.32 Å². The Morgan fingerprint density at radius 1 is 0.919 bits per heavy atom. The first-order chi connectivity index (χ1) is 18.1. The Labute approximate surface area is 216 Å². The molecule has 5 aromatic heterocycles. The van der Waals surface area contributed by atoms with Crippen LogP contribution in [0.3, 0.4) is 0 Å². The summed E-state index contributed by atoms with van der Waals surface area (Å²) in [7, 11) is 0. The van der Waals surface area contributed by atoms with Crippen molar-refractivity contribution in [2.75, 3.05) is 11.6 Å². The maximum Gasteiger partial charge on any atom is 0.256 e. The molecule has 1 N–H and O–H groups in total. The lowest BCUT2D eigenvalue weighted by Gasteiger charge is -2.06. The number of hydrogen-bond donors (Lipinski definition) is 1. The number of nitrogens with zero attached hydrogens (tertiary/aromatic N) is 7. The van der Waals surface area contributed by atoms with Crippen molar-refractivity contribution in [2.45, 2.75) is 18.4 Å². The Morgan fingerprint density at radius 3 is 2.46 bits per heavy atom. The number of imidazole rings is 2. The molecule has 1 amide bonds. The fraction of sp³-hybridized carbons (Fsp3) is 0.111. The van der Waals surface area contributed by atoms with Crippen molar-refractivity contribution in [2.24, 2.45) is 0 Å². The van der Waals surface area contributed by atoms with E-state index in [0.717, 1.165) is 34.0 Å². The molecule has 0 saturated carbocycles. The van der Waals surface area contributed by atoms with Gasteiger partial charge in [0.05, 0.1) is 6.20 Å². The Morgan fingerprint density at radius 2 is 1.70 bits per heavy atom. The quantitative estimate of drug-likeness (QED) is 0.316. The van der Waals surface area contributed by atoms with E-state index in [2.05, 4.69) is 46.5 Å². The normalized spacial score (nSPS) is 11.3. The Balaban J connectivity index is 1.45. The summed E-state index contributed by atoms with van der Waals surface area (Å²) in [5.74, 6) is 0.141. The van der Waals surface area contributed by atoms with Gasteiger partial charge in [0.25, 0.3) is 5.91 Å². The number of benzene rings is 1. The molecule has 1 aromatic carbocycles. The topological polar surface area (TPSA) is 102 Å². The van der Waals surface area contributed by atoms with Crippen molar-refractivity contribution in [3.05, 3.63) is 90.4 Å². The molecule has 6 rings (SSSR count). The second kappa shape index (κ2) is 9.47. The van der Waals surface area contributed by atoms with Crippen LogP contribution in [0.2, 0.25) is 0 Å².